The van der Waals surface area contributed by atoms with Crippen molar-refractivity contribution in [2.24, 2.45) is 0 Å². The summed E-state index contributed by atoms with van der Waals surface area (Å²) < 4.78 is 0. The quantitative estimate of drug-likeness (QED) is 0.468. The van der Waals surface area contributed by atoms with Gasteiger partial charge in [0, 0.05) is 64.4 Å². The molecular weight excluding hydrogens is 292 g/mol. The van der Waals surface area contributed by atoms with Crippen LogP contribution in [0.2, 0.25) is 0 Å². The first-order valence-electron chi connectivity index (χ1n) is 7.73. The first-order valence-corrected chi connectivity index (χ1v) is 7.73. The van der Waals surface area contributed by atoms with Crippen LogP contribution in [0, 0.1) is 11.3 Å². The van der Waals surface area contributed by atoms with Crippen molar-refractivity contribution in [2.75, 3.05) is 39.3 Å². The second-order valence-electron chi connectivity index (χ2n) is 5.25. The topological polar surface area (TPSA) is 93.1 Å². The Morgan fingerprint density at radius 1 is 1.39 bits per heavy atom. The SMILES string of the molecule is N#C/C(=C/NCc1ccncc1)C(=O)NCCN1CCNCC1. The number of carbonyl (C=O) groups excluding carboxylic acids is 1. The second kappa shape index (κ2) is 9.56. The van der Waals surface area contributed by atoms with Crippen molar-refractivity contribution in [2.45, 2.75) is 6.54 Å². The van der Waals surface area contributed by atoms with E-state index in [0.717, 1.165) is 38.3 Å². The van der Waals surface area contributed by atoms with Crippen LogP contribution in [0.1, 0.15) is 5.56 Å². The van der Waals surface area contributed by atoms with Crippen molar-refractivity contribution in [3.63, 3.8) is 0 Å². The molecule has 1 aliphatic rings. The lowest BCUT2D eigenvalue weighted by molar-refractivity contribution is -0.117. The number of hydrogen-bond acceptors (Lipinski definition) is 6. The molecule has 1 fully saturated rings. The van der Waals surface area contributed by atoms with Crippen LogP contribution in [0.3, 0.4) is 0 Å². The Morgan fingerprint density at radius 3 is 2.83 bits per heavy atom. The molecule has 0 spiro atoms. The summed E-state index contributed by atoms with van der Waals surface area (Å²) in [5.41, 5.74) is 1.12. The van der Waals surface area contributed by atoms with Gasteiger partial charge < -0.3 is 16.0 Å². The zero-order chi connectivity index (χ0) is 16.3. The maximum atomic E-state index is 12.0. The molecule has 1 aromatic rings. The van der Waals surface area contributed by atoms with Gasteiger partial charge in [0.05, 0.1) is 0 Å². The maximum absolute atomic E-state index is 12.0. The first-order chi connectivity index (χ1) is 11.3. The molecule has 1 aromatic heterocycles. The molecule has 1 amide bonds. The van der Waals surface area contributed by atoms with Crippen LogP contribution in [0.15, 0.2) is 36.3 Å². The number of amides is 1. The molecule has 1 saturated heterocycles. The van der Waals surface area contributed by atoms with E-state index >= 15 is 0 Å². The lowest BCUT2D eigenvalue weighted by Crippen LogP contribution is -2.46. The Bertz CT molecular complexity index is 560. The Hall–Kier alpha value is -2.43. The van der Waals surface area contributed by atoms with E-state index in [4.69, 9.17) is 5.26 Å². The Balaban J connectivity index is 1.72. The van der Waals surface area contributed by atoms with Gasteiger partial charge in [0.2, 0.25) is 0 Å². The van der Waals surface area contributed by atoms with E-state index < -0.39 is 0 Å². The van der Waals surface area contributed by atoms with Crippen LogP contribution in [-0.2, 0) is 11.3 Å². The van der Waals surface area contributed by atoms with Crippen LogP contribution in [-0.4, -0.2) is 55.1 Å². The van der Waals surface area contributed by atoms with Crippen molar-refractivity contribution in [3.05, 3.63) is 41.9 Å². The highest BCUT2D eigenvalue weighted by molar-refractivity contribution is 5.97. The summed E-state index contributed by atoms with van der Waals surface area (Å²) in [6.07, 6.45) is 4.87. The molecule has 0 aromatic carbocycles. The van der Waals surface area contributed by atoms with Gasteiger partial charge in [-0.15, -0.1) is 0 Å². The molecule has 7 nitrogen and oxygen atoms in total. The minimum absolute atomic E-state index is 0.0827. The van der Waals surface area contributed by atoms with Crippen LogP contribution in [0.4, 0.5) is 0 Å². The van der Waals surface area contributed by atoms with Gasteiger partial charge in [0.1, 0.15) is 11.6 Å². The predicted octanol–water partition coefficient (Wildman–Crippen LogP) is -0.400. The standard InChI is InChI=1S/C16H22N6O/c17-11-15(13-20-12-14-1-3-18-4-2-14)16(23)21-7-10-22-8-5-19-6-9-22/h1-4,13,19-20H,5-10,12H2,(H,21,23)/b15-13-. The third-order valence-corrected chi connectivity index (χ3v) is 3.59. The van der Waals surface area contributed by atoms with Gasteiger partial charge in [-0.3, -0.25) is 14.7 Å². The minimum atomic E-state index is -0.343. The fourth-order valence-corrected chi connectivity index (χ4v) is 2.28. The van der Waals surface area contributed by atoms with Crippen LogP contribution in [0.5, 0.6) is 0 Å². The molecule has 0 bridgehead atoms. The average Bonchev–Trinajstić information content (AvgIpc) is 2.60. The minimum Gasteiger partial charge on any atom is -0.386 e. The summed E-state index contributed by atoms with van der Waals surface area (Å²) in [7, 11) is 0. The largest absolute Gasteiger partial charge is 0.386 e. The van der Waals surface area contributed by atoms with Crippen LogP contribution >= 0.6 is 0 Å². The molecular formula is C16H22N6O. The molecule has 2 heterocycles. The molecule has 23 heavy (non-hydrogen) atoms. The number of nitriles is 1. The van der Waals surface area contributed by atoms with Gasteiger partial charge in [-0.25, -0.2) is 0 Å². The summed E-state index contributed by atoms with van der Waals surface area (Å²) in [5.74, 6) is -0.343. The normalized spacial score (nSPS) is 15.7. The molecule has 0 unspecified atom stereocenters. The van der Waals surface area contributed by atoms with E-state index in [1.807, 2.05) is 18.2 Å². The third kappa shape index (κ3) is 6.06. The summed E-state index contributed by atoms with van der Waals surface area (Å²) in [6.45, 7) is 5.83. The van der Waals surface area contributed by atoms with E-state index in [9.17, 15) is 4.79 Å². The smallest absolute Gasteiger partial charge is 0.263 e. The number of nitrogens with zero attached hydrogens (tertiary/aromatic N) is 3. The van der Waals surface area contributed by atoms with Crippen molar-refractivity contribution < 1.29 is 4.79 Å². The van der Waals surface area contributed by atoms with Gasteiger partial charge in [-0.1, -0.05) is 0 Å². The Kier molecular flexibility index (Phi) is 7.04. The van der Waals surface area contributed by atoms with E-state index in [-0.39, 0.29) is 11.5 Å². The van der Waals surface area contributed by atoms with Crippen molar-refractivity contribution >= 4 is 5.91 Å². The van der Waals surface area contributed by atoms with E-state index in [2.05, 4.69) is 25.8 Å². The molecule has 0 saturated carbocycles. The summed E-state index contributed by atoms with van der Waals surface area (Å²) in [5, 5.41) is 18.1. The highest BCUT2D eigenvalue weighted by Gasteiger charge is 2.11. The average molecular weight is 314 g/mol. The Morgan fingerprint density at radius 2 is 2.13 bits per heavy atom. The summed E-state index contributed by atoms with van der Waals surface area (Å²) in [6, 6.07) is 5.68. The number of aromatic nitrogens is 1. The first kappa shape index (κ1) is 16.9. The highest BCUT2D eigenvalue weighted by Crippen LogP contribution is 1.97. The fourth-order valence-electron chi connectivity index (χ4n) is 2.28. The van der Waals surface area contributed by atoms with Gasteiger partial charge in [0.15, 0.2) is 0 Å². The van der Waals surface area contributed by atoms with Crippen LogP contribution in [0.25, 0.3) is 0 Å². The summed E-state index contributed by atoms with van der Waals surface area (Å²) >= 11 is 0. The van der Waals surface area contributed by atoms with E-state index in [0.29, 0.717) is 13.1 Å². The van der Waals surface area contributed by atoms with Gasteiger partial charge in [-0.05, 0) is 17.7 Å². The third-order valence-electron chi connectivity index (χ3n) is 3.59. The number of pyridine rings is 1. The molecule has 1 aliphatic heterocycles. The molecule has 0 aliphatic carbocycles. The van der Waals surface area contributed by atoms with Crippen molar-refractivity contribution in [1.29, 1.82) is 5.26 Å². The number of nitrogens with one attached hydrogen (secondary N) is 3. The molecule has 122 valence electrons. The zero-order valence-electron chi connectivity index (χ0n) is 13.1. The lowest BCUT2D eigenvalue weighted by Gasteiger charge is -2.27. The number of carbonyl (C=O) groups is 1. The van der Waals surface area contributed by atoms with E-state index in [1.54, 1.807) is 12.4 Å². The fraction of sp³-hybridized carbons (Fsp3) is 0.438. The highest BCUT2D eigenvalue weighted by atomic mass is 16.1. The lowest BCUT2D eigenvalue weighted by atomic mass is 10.2. The number of rotatable bonds is 7. The number of piperazine rings is 1. The van der Waals surface area contributed by atoms with Crippen molar-refractivity contribution in [3.8, 4) is 6.07 Å². The van der Waals surface area contributed by atoms with Crippen LogP contribution < -0.4 is 16.0 Å². The van der Waals surface area contributed by atoms with Gasteiger partial charge in [-0.2, -0.15) is 5.26 Å². The van der Waals surface area contributed by atoms with Gasteiger partial charge in [0.25, 0.3) is 5.91 Å². The van der Waals surface area contributed by atoms with Crippen molar-refractivity contribution in [1.82, 2.24) is 25.8 Å². The van der Waals surface area contributed by atoms with Gasteiger partial charge >= 0.3 is 0 Å². The second-order valence-corrected chi connectivity index (χ2v) is 5.25. The molecule has 3 N–H and O–H groups in total. The summed E-state index contributed by atoms with van der Waals surface area (Å²) in [4.78, 5) is 18.2. The molecule has 7 heteroatoms. The zero-order valence-corrected chi connectivity index (χ0v) is 13.1. The number of hydrogen-bond donors (Lipinski definition) is 3. The van der Waals surface area contributed by atoms with E-state index in [1.165, 1.54) is 6.20 Å². The molecule has 0 radical (unpaired) electrons. The maximum Gasteiger partial charge on any atom is 0.263 e. The molecule has 0 atom stereocenters. The molecule has 2 rings (SSSR count). The Labute approximate surface area is 136 Å². The predicted molar refractivity (Wildman–Crippen MR) is 87.1 cm³/mol. The monoisotopic (exact) mass is 314 g/mol.